The van der Waals surface area contributed by atoms with Crippen LogP contribution in [0.2, 0.25) is 0 Å². The van der Waals surface area contributed by atoms with E-state index in [9.17, 15) is 10.1 Å². The SMILES string of the molecule is COc1ccccc1CN1CCN(C(=O)CN2CCC(C#N)(CCc3ccccc3)CC2)CC1. The third-order valence-corrected chi connectivity index (χ3v) is 7.46. The quantitative estimate of drug-likeness (QED) is 0.603. The van der Waals surface area contributed by atoms with Gasteiger partial charge < -0.3 is 9.64 Å². The summed E-state index contributed by atoms with van der Waals surface area (Å²) in [6.07, 6.45) is 3.52. The van der Waals surface area contributed by atoms with E-state index in [0.29, 0.717) is 6.54 Å². The van der Waals surface area contributed by atoms with Crippen molar-refractivity contribution in [3.63, 3.8) is 0 Å². The molecular weight excluding hydrogens is 424 g/mol. The first-order valence-electron chi connectivity index (χ1n) is 12.4. The van der Waals surface area contributed by atoms with Gasteiger partial charge in [-0.2, -0.15) is 5.26 Å². The number of nitriles is 1. The Morgan fingerprint density at radius 3 is 2.29 bits per heavy atom. The van der Waals surface area contributed by atoms with Crippen LogP contribution in [0.3, 0.4) is 0 Å². The number of methoxy groups -OCH3 is 1. The Hall–Kier alpha value is -2.88. The van der Waals surface area contributed by atoms with E-state index < -0.39 is 0 Å². The molecule has 180 valence electrons. The molecule has 0 spiro atoms. The van der Waals surface area contributed by atoms with Gasteiger partial charge in [0.1, 0.15) is 5.75 Å². The van der Waals surface area contributed by atoms with Gasteiger partial charge in [-0.1, -0.05) is 48.5 Å². The van der Waals surface area contributed by atoms with E-state index in [4.69, 9.17) is 4.74 Å². The van der Waals surface area contributed by atoms with Crippen molar-refractivity contribution in [2.24, 2.45) is 5.41 Å². The molecule has 0 atom stereocenters. The van der Waals surface area contributed by atoms with Gasteiger partial charge in [-0.3, -0.25) is 14.6 Å². The second-order valence-corrected chi connectivity index (χ2v) is 9.62. The Labute approximate surface area is 203 Å². The minimum Gasteiger partial charge on any atom is -0.496 e. The Morgan fingerprint density at radius 1 is 0.941 bits per heavy atom. The van der Waals surface area contributed by atoms with Crippen molar-refractivity contribution in [3.8, 4) is 11.8 Å². The zero-order chi connectivity index (χ0) is 23.8. The summed E-state index contributed by atoms with van der Waals surface area (Å²) in [5, 5.41) is 9.90. The minimum absolute atomic E-state index is 0.214. The van der Waals surface area contributed by atoms with Crippen LogP contribution in [0.5, 0.6) is 5.75 Å². The number of nitrogens with zero attached hydrogens (tertiary/aromatic N) is 4. The maximum absolute atomic E-state index is 13.0. The zero-order valence-electron chi connectivity index (χ0n) is 20.3. The third-order valence-electron chi connectivity index (χ3n) is 7.46. The number of piperidine rings is 1. The van der Waals surface area contributed by atoms with Crippen LogP contribution in [0, 0.1) is 16.7 Å². The number of hydrogen-bond donors (Lipinski definition) is 0. The zero-order valence-corrected chi connectivity index (χ0v) is 20.3. The highest BCUT2D eigenvalue weighted by Crippen LogP contribution is 2.35. The molecule has 0 aromatic heterocycles. The molecule has 1 amide bonds. The first kappa shape index (κ1) is 24.3. The molecule has 34 heavy (non-hydrogen) atoms. The number of piperazine rings is 1. The highest BCUT2D eigenvalue weighted by Gasteiger charge is 2.35. The number of para-hydroxylation sites is 1. The first-order valence-corrected chi connectivity index (χ1v) is 12.4. The molecule has 0 unspecified atom stereocenters. The summed E-state index contributed by atoms with van der Waals surface area (Å²) >= 11 is 0. The van der Waals surface area contributed by atoms with Crippen molar-refractivity contribution in [1.82, 2.24) is 14.7 Å². The standard InChI is InChI=1S/C28H36N4O2/c1-34-26-10-6-5-9-25(26)21-31-17-19-32(20-18-31)27(33)22-30-15-13-28(23-29,14-16-30)12-11-24-7-3-2-4-8-24/h2-10H,11-22H2,1H3. The second kappa shape index (κ2) is 11.5. The lowest BCUT2D eigenvalue weighted by molar-refractivity contribution is -0.134. The van der Waals surface area contributed by atoms with Gasteiger partial charge in [0.05, 0.1) is 25.1 Å². The topological polar surface area (TPSA) is 59.8 Å². The average Bonchev–Trinajstić information content (AvgIpc) is 2.90. The maximum Gasteiger partial charge on any atom is 0.236 e. The van der Waals surface area contributed by atoms with Crippen LogP contribution in [-0.4, -0.2) is 73.5 Å². The van der Waals surface area contributed by atoms with E-state index in [1.54, 1.807) is 7.11 Å². The first-order chi connectivity index (χ1) is 16.6. The molecule has 0 aliphatic carbocycles. The van der Waals surface area contributed by atoms with Gasteiger partial charge in [0, 0.05) is 51.4 Å². The highest BCUT2D eigenvalue weighted by atomic mass is 16.5. The number of likely N-dealkylation sites (tertiary alicyclic amines) is 1. The molecule has 2 aromatic rings. The minimum atomic E-state index is -0.264. The van der Waals surface area contributed by atoms with Crippen molar-refractivity contribution in [3.05, 3.63) is 65.7 Å². The number of aryl methyl sites for hydroxylation is 1. The summed E-state index contributed by atoms with van der Waals surface area (Å²) in [5.74, 6) is 1.13. The van der Waals surface area contributed by atoms with Crippen molar-refractivity contribution in [2.75, 3.05) is 52.9 Å². The van der Waals surface area contributed by atoms with Gasteiger partial charge >= 0.3 is 0 Å². The van der Waals surface area contributed by atoms with E-state index in [1.165, 1.54) is 11.1 Å². The molecule has 0 radical (unpaired) electrons. The van der Waals surface area contributed by atoms with Gasteiger partial charge in [-0.05, 0) is 37.3 Å². The van der Waals surface area contributed by atoms with Crippen molar-refractivity contribution < 1.29 is 9.53 Å². The average molecular weight is 461 g/mol. The number of ether oxygens (including phenoxy) is 1. The Morgan fingerprint density at radius 2 is 1.62 bits per heavy atom. The fourth-order valence-electron chi connectivity index (χ4n) is 5.11. The van der Waals surface area contributed by atoms with Crippen LogP contribution in [-0.2, 0) is 17.8 Å². The summed E-state index contributed by atoms with van der Waals surface area (Å²) in [7, 11) is 1.71. The van der Waals surface area contributed by atoms with Crippen molar-refractivity contribution in [1.29, 1.82) is 5.26 Å². The number of amides is 1. The maximum atomic E-state index is 13.0. The lowest BCUT2D eigenvalue weighted by atomic mass is 9.75. The number of rotatable bonds is 8. The van der Waals surface area contributed by atoms with Crippen LogP contribution in [0.4, 0.5) is 0 Å². The van der Waals surface area contributed by atoms with E-state index >= 15 is 0 Å². The lowest BCUT2D eigenvalue weighted by Crippen LogP contribution is -2.52. The summed E-state index contributed by atoms with van der Waals surface area (Å²) < 4.78 is 5.47. The number of carbonyl (C=O) groups excluding carboxylic acids is 1. The van der Waals surface area contributed by atoms with E-state index in [1.807, 2.05) is 29.2 Å². The molecule has 2 aromatic carbocycles. The summed E-state index contributed by atoms with van der Waals surface area (Å²) in [5.41, 5.74) is 2.21. The highest BCUT2D eigenvalue weighted by molar-refractivity contribution is 5.78. The molecule has 2 heterocycles. The third kappa shape index (κ3) is 6.16. The fraction of sp³-hybridized carbons (Fsp3) is 0.500. The monoisotopic (exact) mass is 460 g/mol. The Bertz CT molecular complexity index is 971. The smallest absolute Gasteiger partial charge is 0.236 e. The van der Waals surface area contributed by atoms with Crippen molar-refractivity contribution >= 4 is 5.91 Å². The summed E-state index contributed by atoms with van der Waals surface area (Å²) in [4.78, 5) is 19.6. The number of benzene rings is 2. The largest absolute Gasteiger partial charge is 0.496 e. The molecular formula is C28H36N4O2. The van der Waals surface area contributed by atoms with Gasteiger partial charge in [-0.15, -0.1) is 0 Å². The Kier molecular flexibility index (Phi) is 8.21. The molecule has 2 saturated heterocycles. The molecule has 0 N–H and O–H groups in total. The van der Waals surface area contributed by atoms with Gasteiger partial charge in [0.25, 0.3) is 0 Å². The van der Waals surface area contributed by atoms with E-state index in [-0.39, 0.29) is 11.3 Å². The van der Waals surface area contributed by atoms with Crippen LogP contribution in [0.25, 0.3) is 0 Å². The van der Waals surface area contributed by atoms with Gasteiger partial charge in [-0.25, -0.2) is 0 Å². The molecule has 6 heteroatoms. The van der Waals surface area contributed by atoms with Crippen LogP contribution in [0.15, 0.2) is 54.6 Å². The fourth-order valence-corrected chi connectivity index (χ4v) is 5.11. The summed E-state index contributed by atoms with van der Waals surface area (Å²) in [6.45, 7) is 6.23. The van der Waals surface area contributed by atoms with E-state index in [2.05, 4.69) is 46.2 Å². The molecule has 2 fully saturated rings. The summed E-state index contributed by atoms with van der Waals surface area (Å²) in [6, 6.07) is 21.2. The van der Waals surface area contributed by atoms with Gasteiger partial charge in [0.15, 0.2) is 0 Å². The number of carbonyl (C=O) groups is 1. The second-order valence-electron chi connectivity index (χ2n) is 9.62. The normalized spacial score (nSPS) is 18.9. The predicted octanol–water partition coefficient (Wildman–Crippen LogP) is 3.58. The van der Waals surface area contributed by atoms with Gasteiger partial charge in [0.2, 0.25) is 5.91 Å². The lowest BCUT2D eigenvalue weighted by Gasteiger charge is -2.39. The molecule has 2 aliphatic rings. The molecule has 0 bridgehead atoms. The van der Waals surface area contributed by atoms with Crippen molar-refractivity contribution in [2.45, 2.75) is 32.2 Å². The van der Waals surface area contributed by atoms with Crippen LogP contribution < -0.4 is 4.74 Å². The predicted molar refractivity (Wildman–Crippen MR) is 133 cm³/mol. The molecule has 2 aliphatic heterocycles. The van der Waals surface area contributed by atoms with Crippen LogP contribution >= 0.6 is 0 Å². The van der Waals surface area contributed by atoms with E-state index in [0.717, 1.165) is 77.2 Å². The molecule has 0 saturated carbocycles. The van der Waals surface area contributed by atoms with Crippen LogP contribution in [0.1, 0.15) is 30.4 Å². The molecule has 6 nitrogen and oxygen atoms in total. The Balaban J connectivity index is 1.20. The molecule has 4 rings (SSSR count). The number of hydrogen-bond acceptors (Lipinski definition) is 5.